The van der Waals surface area contributed by atoms with Crippen molar-refractivity contribution < 1.29 is 0 Å². The molecule has 17 heavy (non-hydrogen) atoms. The first-order valence-electron chi connectivity index (χ1n) is 6.11. The molecule has 0 saturated carbocycles. The minimum atomic E-state index is 0.452. The minimum absolute atomic E-state index is 0.452. The second-order valence-corrected chi connectivity index (χ2v) is 5.14. The average Bonchev–Trinajstić information content (AvgIpc) is 2.33. The molecule has 0 radical (unpaired) electrons. The summed E-state index contributed by atoms with van der Waals surface area (Å²) in [4.78, 5) is 2.30. The zero-order valence-electron chi connectivity index (χ0n) is 10.2. The maximum absolute atomic E-state index is 5.71. The number of rotatable bonds is 4. The SMILES string of the molecule is CN(Cc1ccc(Cl)nn1)C[C@H]1CCCNC1. The molecule has 5 heteroatoms. The molecule has 0 unspecified atom stereocenters. The second-order valence-electron chi connectivity index (χ2n) is 4.76. The lowest BCUT2D eigenvalue weighted by Gasteiger charge is -2.27. The van der Waals surface area contributed by atoms with E-state index in [4.69, 9.17) is 11.6 Å². The van der Waals surface area contributed by atoms with Crippen molar-refractivity contribution in [3.63, 3.8) is 0 Å². The van der Waals surface area contributed by atoms with Gasteiger partial charge in [0.1, 0.15) is 0 Å². The molecule has 94 valence electrons. The van der Waals surface area contributed by atoms with Gasteiger partial charge in [0, 0.05) is 13.1 Å². The summed E-state index contributed by atoms with van der Waals surface area (Å²) in [6.07, 6.45) is 2.61. The predicted molar refractivity (Wildman–Crippen MR) is 69.0 cm³/mol. The molecule has 0 spiro atoms. The van der Waals surface area contributed by atoms with Crippen LogP contribution in [-0.2, 0) is 6.54 Å². The Kier molecular flexibility index (Phi) is 4.71. The van der Waals surface area contributed by atoms with Crippen molar-refractivity contribution in [2.75, 3.05) is 26.7 Å². The largest absolute Gasteiger partial charge is 0.316 e. The van der Waals surface area contributed by atoms with Crippen molar-refractivity contribution in [1.29, 1.82) is 0 Å². The first kappa shape index (κ1) is 12.7. The Morgan fingerprint density at radius 1 is 1.47 bits per heavy atom. The topological polar surface area (TPSA) is 41.1 Å². The Balaban J connectivity index is 1.79. The lowest BCUT2D eigenvalue weighted by molar-refractivity contribution is 0.235. The maximum atomic E-state index is 5.71. The summed E-state index contributed by atoms with van der Waals surface area (Å²) in [7, 11) is 2.13. The van der Waals surface area contributed by atoms with Crippen molar-refractivity contribution in [1.82, 2.24) is 20.4 Å². The number of nitrogens with one attached hydrogen (secondary N) is 1. The third kappa shape index (κ3) is 4.22. The summed E-state index contributed by atoms with van der Waals surface area (Å²) in [5.74, 6) is 0.758. The minimum Gasteiger partial charge on any atom is -0.316 e. The summed E-state index contributed by atoms with van der Waals surface area (Å²) >= 11 is 5.71. The van der Waals surface area contributed by atoms with Crippen LogP contribution in [0.5, 0.6) is 0 Å². The van der Waals surface area contributed by atoms with E-state index in [1.54, 1.807) is 6.07 Å². The molecular weight excluding hydrogens is 236 g/mol. The molecule has 2 heterocycles. The first-order valence-corrected chi connectivity index (χ1v) is 6.49. The maximum Gasteiger partial charge on any atom is 0.151 e. The van der Waals surface area contributed by atoms with Crippen LogP contribution in [0.2, 0.25) is 5.15 Å². The molecular formula is C12H19ClN4. The van der Waals surface area contributed by atoms with Crippen LogP contribution < -0.4 is 5.32 Å². The fourth-order valence-corrected chi connectivity index (χ4v) is 2.39. The van der Waals surface area contributed by atoms with Crippen molar-refractivity contribution in [2.24, 2.45) is 5.92 Å². The van der Waals surface area contributed by atoms with E-state index >= 15 is 0 Å². The van der Waals surface area contributed by atoms with E-state index in [9.17, 15) is 0 Å². The molecule has 0 amide bonds. The van der Waals surface area contributed by atoms with Crippen LogP contribution in [0.1, 0.15) is 18.5 Å². The standard InChI is InChI=1S/C12H19ClN4/c1-17(8-10-3-2-6-14-7-10)9-11-4-5-12(13)16-15-11/h4-5,10,14H,2-3,6-9H2,1H3/t10-/m0/s1. The van der Waals surface area contributed by atoms with E-state index in [-0.39, 0.29) is 0 Å². The molecule has 1 aliphatic heterocycles. The van der Waals surface area contributed by atoms with Gasteiger partial charge in [-0.05, 0) is 51.0 Å². The smallest absolute Gasteiger partial charge is 0.151 e. The average molecular weight is 255 g/mol. The van der Waals surface area contributed by atoms with Crippen LogP contribution in [-0.4, -0.2) is 41.8 Å². The summed E-state index contributed by atoms with van der Waals surface area (Å²) < 4.78 is 0. The molecule has 4 nitrogen and oxygen atoms in total. The van der Waals surface area contributed by atoms with Gasteiger partial charge in [-0.1, -0.05) is 11.6 Å². The van der Waals surface area contributed by atoms with E-state index < -0.39 is 0 Å². The monoisotopic (exact) mass is 254 g/mol. The molecule has 2 rings (SSSR count). The first-order chi connectivity index (χ1) is 8.24. The lowest BCUT2D eigenvalue weighted by atomic mass is 9.99. The second kappa shape index (κ2) is 6.28. The van der Waals surface area contributed by atoms with Crippen molar-refractivity contribution in [3.05, 3.63) is 23.0 Å². The molecule has 0 aromatic carbocycles. The number of halogens is 1. The molecule has 1 atom stereocenters. The van der Waals surface area contributed by atoms with Gasteiger partial charge in [-0.25, -0.2) is 0 Å². The van der Waals surface area contributed by atoms with E-state index in [1.165, 1.54) is 19.4 Å². The Hall–Kier alpha value is -0.710. The van der Waals surface area contributed by atoms with Crippen molar-refractivity contribution in [2.45, 2.75) is 19.4 Å². The highest BCUT2D eigenvalue weighted by molar-refractivity contribution is 6.29. The summed E-state index contributed by atoms with van der Waals surface area (Å²) in [5.41, 5.74) is 0.973. The molecule has 1 aromatic rings. The molecule has 0 aliphatic carbocycles. The van der Waals surface area contributed by atoms with Crippen LogP contribution >= 0.6 is 11.6 Å². The highest BCUT2D eigenvalue weighted by atomic mass is 35.5. The van der Waals surface area contributed by atoms with E-state index in [2.05, 4.69) is 27.5 Å². The van der Waals surface area contributed by atoms with Crippen LogP contribution in [0.25, 0.3) is 0 Å². The summed E-state index contributed by atoms with van der Waals surface area (Å²) in [6.45, 7) is 4.25. The van der Waals surface area contributed by atoms with Crippen molar-refractivity contribution in [3.8, 4) is 0 Å². The molecule has 1 saturated heterocycles. The van der Waals surface area contributed by atoms with Crippen LogP contribution in [0, 0.1) is 5.92 Å². The predicted octanol–water partition coefficient (Wildman–Crippen LogP) is 1.56. The van der Waals surface area contributed by atoms with E-state index in [1.807, 2.05) is 6.07 Å². The number of hydrogen-bond acceptors (Lipinski definition) is 4. The van der Waals surface area contributed by atoms with Crippen molar-refractivity contribution >= 4 is 11.6 Å². The Morgan fingerprint density at radius 3 is 3.00 bits per heavy atom. The van der Waals surface area contributed by atoms with Gasteiger partial charge >= 0.3 is 0 Å². The number of nitrogens with zero attached hydrogens (tertiary/aromatic N) is 3. The van der Waals surface area contributed by atoms with Crippen LogP contribution in [0.4, 0.5) is 0 Å². The molecule has 1 aromatic heterocycles. The fraction of sp³-hybridized carbons (Fsp3) is 0.667. The highest BCUT2D eigenvalue weighted by Crippen LogP contribution is 2.12. The Bertz CT molecular complexity index is 335. The van der Waals surface area contributed by atoms with Crippen LogP contribution in [0.15, 0.2) is 12.1 Å². The van der Waals surface area contributed by atoms with Gasteiger partial charge in [-0.3, -0.25) is 0 Å². The number of piperidine rings is 1. The van der Waals surface area contributed by atoms with Gasteiger partial charge in [0.2, 0.25) is 0 Å². The van der Waals surface area contributed by atoms with Gasteiger partial charge in [-0.15, -0.1) is 5.10 Å². The third-order valence-corrected chi connectivity index (χ3v) is 3.29. The fourth-order valence-electron chi connectivity index (χ4n) is 2.29. The molecule has 1 fully saturated rings. The molecule has 1 aliphatic rings. The molecule has 0 bridgehead atoms. The molecule has 1 N–H and O–H groups in total. The van der Waals surface area contributed by atoms with Gasteiger partial charge in [0.05, 0.1) is 5.69 Å². The highest BCUT2D eigenvalue weighted by Gasteiger charge is 2.15. The normalized spacial score (nSPS) is 20.8. The Labute approximate surface area is 107 Å². The summed E-state index contributed by atoms with van der Waals surface area (Å²) in [5, 5.41) is 11.8. The van der Waals surface area contributed by atoms with Gasteiger partial charge in [-0.2, -0.15) is 5.10 Å². The zero-order chi connectivity index (χ0) is 12.1. The summed E-state index contributed by atoms with van der Waals surface area (Å²) in [6, 6.07) is 3.73. The van der Waals surface area contributed by atoms with E-state index in [0.717, 1.165) is 31.2 Å². The van der Waals surface area contributed by atoms with Gasteiger partial charge in [0.15, 0.2) is 5.15 Å². The quantitative estimate of drug-likeness (QED) is 0.886. The van der Waals surface area contributed by atoms with Gasteiger partial charge < -0.3 is 10.2 Å². The lowest BCUT2D eigenvalue weighted by Crippen LogP contribution is -2.36. The zero-order valence-corrected chi connectivity index (χ0v) is 11.0. The Morgan fingerprint density at radius 2 is 2.35 bits per heavy atom. The van der Waals surface area contributed by atoms with E-state index in [0.29, 0.717) is 5.15 Å². The van der Waals surface area contributed by atoms with Gasteiger partial charge in [0.25, 0.3) is 0 Å². The third-order valence-electron chi connectivity index (χ3n) is 3.09. The number of hydrogen-bond donors (Lipinski definition) is 1. The number of aromatic nitrogens is 2. The van der Waals surface area contributed by atoms with Crippen LogP contribution in [0.3, 0.4) is 0 Å².